The Hall–Kier alpha value is -0.670. The van der Waals surface area contributed by atoms with E-state index in [-0.39, 0.29) is 0 Å². The molecule has 0 amide bonds. The third kappa shape index (κ3) is 3.15. The van der Waals surface area contributed by atoms with Crippen LogP contribution in [0.3, 0.4) is 0 Å². The first-order valence-electron chi connectivity index (χ1n) is 3.95. The van der Waals surface area contributed by atoms with Crippen molar-refractivity contribution in [1.82, 2.24) is 0 Å². The number of hydrogen-bond donors (Lipinski definition) is 2. The quantitative estimate of drug-likeness (QED) is 0.550. The molecule has 1 rings (SSSR count). The van der Waals surface area contributed by atoms with Gasteiger partial charge in [0.05, 0.1) is 6.61 Å². The largest absolute Gasteiger partial charge is 0.494 e. The second-order valence-corrected chi connectivity index (χ2v) is 3.00. The van der Waals surface area contributed by atoms with E-state index in [0.717, 1.165) is 17.1 Å². The van der Waals surface area contributed by atoms with Crippen molar-refractivity contribution >= 4 is 12.6 Å². The number of rotatable bonds is 4. The first-order chi connectivity index (χ1) is 5.83. The van der Waals surface area contributed by atoms with E-state index >= 15 is 0 Å². The average molecular weight is 183 g/mol. The van der Waals surface area contributed by atoms with Gasteiger partial charge >= 0.3 is 0 Å². The van der Waals surface area contributed by atoms with Gasteiger partial charge in [-0.2, -0.15) is 0 Å². The standard InChI is InChI=1S/C9H13NOS/c10-6-1-7-11-8-2-4-9(12)5-3-8/h2-5,12H,1,6-7,10H2. The highest BCUT2D eigenvalue weighted by Crippen LogP contribution is 2.14. The number of nitrogens with two attached hydrogens (primary N) is 1. The van der Waals surface area contributed by atoms with Crippen LogP contribution in [0.2, 0.25) is 0 Å². The van der Waals surface area contributed by atoms with E-state index < -0.39 is 0 Å². The third-order valence-corrected chi connectivity index (χ3v) is 1.75. The minimum atomic E-state index is 0.671. The van der Waals surface area contributed by atoms with Crippen molar-refractivity contribution < 1.29 is 4.74 Å². The number of thiol groups is 1. The van der Waals surface area contributed by atoms with Crippen molar-refractivity contribution in [2.24, 2.45) is 5.73 Å². The van der Waals surface area contributed by atoms with Crippen LogP contribution >= 0.6 is 12.6 Å². The second-order valence-electron chi connectivity index (χ2n) is 2.48. The smallest absolute Gasteiger partial charge is 0.119 e. The van der Waals surface area contributed by atoms with E-state index in [1.54, 1.807) is 0 Å². The minimum Gasteiger partial charge on any atom is -0.494 e. The van der Waals surface area contributed by atoms with Gasteiger partial charge in [0.2, 0.25) is 0 Å². The molecule has 0 heterocycles. The third-order valence-electron chi connectivity index (χ3n) is 1.45. The molecular weight excluding hydrogens is 170 g/mol. The number of benzene rings is 1. The van der Waals surface area contributed by atoms with Gasteiger partial charge in [-0.3, -0.25) is 0 Å². The number of hydrogen-bond acceptors (Lipinski definition) is 3. The van der Waals surface area contributed by atoms with Crippen molar-refractivity contribution in [2.75, 3.05) is 13.2 Å². The maximum absolute atomic E-state index is 5.39. The fourth-order valence-corrected chi connectivity index (χ4v) is 0.965. The molecule has 0 aliphatic heterocycles. The first-order valence-corrected chi connectivity index (χ1v) is 4.39. The summed E-state index contributed by atoms with van der Waals surface area (Å²) < 4.78 is 5.39. The molecule has 2 N–H and O–H groups in total. The van der Waals surface area contributed by atoms with Gasteiger partial charge in [-0.15, -0.1) is 12.6 Å². The van der Waals surface area contributed by atoms with Gasteiger partial charge in [-0.25, -0.2) is 0 Å². The lowest BCUT2D eigenvalue weighted by Crippen LogP contribution is -2.05. The molecule has 0 aliphatic carbocycles. The van der Waals surface area contributed by atoms with E-state index in [1.807, 2.05) is 24.3 Å². The van der Waals surface area contributed by atoms with Gasteiger partial charge < -0.3 is 10.5 Å². The highest BCUT2D eigenvalue weighted by Gasteiger charge is 1.91. The van der Waals surface area contributed by atoms with Crippen LogP contribution in [-0.4, -0.2) is 13.2 Å². The Bertz CT molecular complexity index is 222. The fraction of sp³-hybridized carbons (Fsp3) is 0.333. The molecule has 66 valence electrons. The maximum atomic E-state index is 5.39. The highest BCUT2D eigenvalue weighted by atomic mass is 32.1. The molecule has 0 atom stereocenters. The van der Waals surface area contributed by atoms with Gasteiger partial charge in [0.25, 0.3) is 0 Å². The Morgan fingerprint density at radius 3 is 2.50 bits per heavy atom. The van der Waals surface area contributed by atoms with Gasteiger partial charge in [0, 0.05) is 4.90 Å². The van der Waals surface area contributed by atoms with E-state index in [2.05, 4.69) is 12.6 Å². The van der Waals surface area contributed by atoms with Gasteiger partial charge in [-0.1, -0.05) is 0 Å². The molecule has 3 heteroatoms. The van der Waals surface area contributed by atoms with Crippen LogP contribution in [0.5, 0.6) is 5.75 Å². The van der Waals surface area contributed by atoms with Crippen LogP contribution < -0.4 is 10.5 Å². The summed E-state index contributed by atoms with van der Waals surface area (Å²) in [5.74, 6) is 0.876. The van der Waals surface area contributed by atoms with E-state index in [4.69, 9.17) is 10.5 Å². The summed E-state index contributed by atoms with van der Waals surface area (Å²) in [6.07, 6.45) is 0.891. The van der Waals surface area contributed by atoms with Crippen molar-refractivity contribution in [3.8, 4) is 5.75 Å². The second kappa shape index (κ2) is 5.06. The summed E-state index contributed by atoms with van der Waals surface area (Å²) in [6.45, 7) is 1.35. The molecule has 0 saturated heterocycles. The van der Waals surface area contributed by atoms with Crippen LogP contribution in [0.4, 0.5) is 0 Å². The molecule has 2 nitrogen and oxygen atoms in total. The molecule has 0 aromatic heterocycles. The Labute approximate surface area is 78.1 Å². The Balaban J connectivity index is 2.37. The Morgan fingerprint density at radius 2 is 1.92 bits per heavy atom. The summed E-state index contributed by atoms with van der Waals surface area (Å²) in [4.78, 5) is 0.946. The van der Waals surface area contributed by atoms with Crippen molar-refractivity contribution in [3.05, 3.63) is 24.3 Å². The summed E-state index contributed by atoms with van der Waals surface area (Å²) in [6, 6.07) is 7.61. The minimum absolute atomic E-state index is 0.671. The van der Waals surface area contributed by atoms with Crippen molar-refractivity contribution in [1.29, 1.82) is 0 Å². The average Bonchev–Trinajstić information content (AvgIpc) is 2.09. The van der Waals surface area contributed by atoms with E-state index in [9.17, 15) is 0 Å². The lowest BCUT2D eigenvalue weighted by atomic mass is 10.3. The van der Waals surface area contributed by atoms with E-state index in [0.29, 0.717) is 13.2 Å². The predicted octanol–water partition coefficient (Wildman–Crippen LogP) is 1.70. The van der Waals surface area contributed by atoms with Crippen LogP contribution in [0, 0.1) is 0 Å². The summed E-state index contributed by atoms with van der Waals surface area (Å²) in [7, 11) is 0. The van der Waals surface area contributed by atoms with Crippen LogP contribution in [0.25, 0.3) is 0 Å². The number of ether oxygens (including phenoxy) is 1. The van der Waals surface area contributed by atoms with E-state index in [1.165, 1.54) is 0 Å². The van der Waals surface area contributed by atoms with Crippen molar-refractivity contribution in [2.45, 2.75) is 11.3 Å². The molecule has 0 fully saturated rings. The van der Waals surface area contributed by atoms with Crippen molar-refractivity contribution in [3.63, 3.8) is 0 Å². The first kappa shape index (κ1) is 9.42. The highest BCUT2D eigenvalue weighted by molar-refractivity contribution is 7.80. The lowest BCUT2D eigenvalue weighted by Gasteiger charge is -2.04. The molecule has 0 radical (unpaired) electrons. The molecule has 1 aromatic carbocycles. The molecule has 0 aliphatic rings. The lowest BCUT2D eigenvalue weighted by molar-refractivity contribution is 0.313. The molecule has 12 heavy (non-hydrogen) atoms. The summed E-state index contributed by atoms with van der Waals surface area (Å²) >= 11 is 4.17. The van der Waals surface area contributed by atoms with Gasteiger partial charge in [0.15, 0.2) is 0 Å². The fourth-order valence-electron chi connectivity index (χ4n) is 0.816. The zero-order valence-corrected chi connectivity index (χ0v) is 7.76. The molecule has 1 aromatic rings. The van der Waals surface area contributed by atoms with Crippen LogP contribution in [0.15, 0.2) is 29.2 Å². The molecule has 0 unspecified atom stereocenters. The maximum Gasteiger partial charge on any atom is 0.119 e. The molecule has 0 spiro atoms. The Kier molecular flexibility index (Phi) is 3.97. The zero-order valence-electron chi connectivity index (χ0n) is 6.86. The normalized spacial score (nSPS) is 9.83. The monoisotopic (exact) mass is 183 g/mol. The van der Waals surface area contributed by atoms with Crippen LogP contribution in [-0.2, 0) is 0 Å². The van der Waals surface area contributed by atoms with Gasteiger partial charge in [0.1, 0.15) is 5.75 Å². The topological polar surface area (TPSA) is 35.2 Å². The predicted molar refractivity (Wildman–Crippen MR) is 52.9 cm³/mol. The van der Waals surface area contributed by atoms with Crippen LogP contribution in [0.1, 0.15) is 6.42 Å². The van der Waals surface area contributed by atoms with Gasteiger partial charge in [-0.05, 0) is 37.2 Å². The molecular formula is C9H13NOS. The summed E-state index contributed by atoms with van der Waals surface area (Å²) in [5, 5.41) is 0. The Morgan fingerprint density at radius 1 is 1.25 bits per heavy atom. The zero-order chi connectivity index (χ0) is 8.81. The molecule has 0 saturated carbocycles. The SMILES string of the molecule is NCCCOc1ccc(S)cc1. The molecule has 0 bridgehead atoms. The summed E-state index contributed by atoms with van der Waals surface area (Å²) in [5.41, 5.74) is 5.32.